The maximum absolute atomic E-state index is 5.99. The van der Waals surface area contributed by atoms with Crippen LogP contribution in [0.15, 0.2) is 24.4 Å². The Morgan fingerprint density at radius 1 is 1.43 bits per heavy atom. The molecule has 2 nitrogen and oxygen atoms in total. The van der Waals surface area contributed by atoms with Crippen LogP contribution in [-0.2, 0) is 6.54 Å². The van der Waals surface area contributed by atoms with E-state index in [-0.39, 0.29) is 0 Å². The molecule has 2 rings (SSSR count). The number of benzene rings is 1. The summed E-state index contributed by atoms with van der Waals surface area (Å²) in [6, 6.07) is 5.77. The first-order valence-electron chi connectivity index (χ1n) is 4.46. The predicted molar refractivity (Wildman–Crippen MR) is 59.4 cm³/mol. The molecule has 0 saturated carbocycles. The van der Waals surface area contributed by atoms with Crippen LogP contribution in [0.1, 0.15) is 11.1 Å². The highest BCUT2D eigenvalue weighted by Gasteiger charge is 2.04. The number of nitrogens with two attached hydrogens (primary N) is 1. The van der Waals surface area contributed by atoms with Crippen molar-refractivity contribution in [2.75, 3.05) is 0 Å². The Kier molecular flexibility index (Phi) is 2.40. The van der Waals surface area contributed by atoms with Crippen LogP contribution in [0.3, 0.4) is 0 Å². The summed E-state index contributed by atoms with van der Waals surface area (Å²) in [6.45, 7) is 2.51. The zero-order chi connectivity index (χ0) is 10.1. The lowest BCUT2D eigenvalue weighted by Crippen LogP contribution is -1.99. The van der Waals surface area contributed by atoms with Gasteiger partial charge in [-0.25, -0.2) is 0 Å². The second-order valence-corrected chi connectivity index (χ2v) is 3.73. The molecule has 0 spiro atoms. The van der Waals surface area contributed by atoms with E-state index in [1.807, 2.05) is 25.1 Å². The SMILES string of the molecule is Cc1ccnc2c(CN)cc(Cl)cc12. The molecule has 0 unspecified atom stereocenters. The number of hydrogen-bond acceptors (Lipinski definition) is 2. The number of rotatable bonds is 1. The van der Waals surface area contributed by atoms with Crippen LogP contribution in [0.25, 0.3) is 10.9 Å². The molecule has 0 saturated heterocycles. The van der Waals surface area contributed by atoms with Crippen molar-refractivity contribution in [2.24, 2.45) is 5.73 Å². The van der Waals surface area contributed by atoms with Gasteiger partial charge in [0.25, 0.3) is 0 Å². The van der Waals surface area contributed by atoms with Crippen molar-refractivity contribution in [3.63, 3.8) is 0 Å². The van der Waals surface area contributed by atoms with Crippen molar-refractivity contribution in [1.29, 1.82) is 0 Å². The number of hydrogen-bond donors (Lipinski definition) is 1. The lowest BCUT2D eigenvalue weighted by Gasteiger charge is -2.06. The van der Waals surface area contributed by atoms with Crippen molar-refractivity contribution in [2.45, 2.75) is 13.5 Å². The van der Waals surface area contributed by atoms with E-state index in [9.17, 15) is 0 Å². The zero-order valence-electron chi connectivity index (χ0n) is 7.92. The van der Waals surface area contributed by atoms with Crippen molar-refractivity contribution in [3.8, 4) is 0 Å². The third kappa shape index (κ3) is 1.47. The number of aryl methyl sites for hydroxylation is 1. The molecule has 72 valence electrons. The predicted octanol–water partition coefficient (Wildman–Crippen LogP) is 2.66. The van der Waals surface area contributed by atoms with Crippen molar-refractivity contribution in [1.82, 2.24) is 4.98 Å². The van der Waals surface area contributed by atoms with E-state index < -0.39 is 0 Å². The average Bonchev–Trinajstić information content (AvgIpc) is 2.18. The van der Waals surface area contributed by atoms with E-state index in [2.05, 4.69) is 4.98 Å². The molecule has 0 radical (unpaired) electrons. The van der Waals surface area contributed by atoms with E-state index in [4.69, 9.17) is 17.3 Å². The maximum atomic E-state index is 5.99. The van der Waals surface area contributed by atoms with Crippen LogP contribution in [0.4, 0.5) is 0 Å². The van der Waals surface area contributed by atoms with Gasteiger partial charge in [-0.3, -0.25) is 4.98 Å². The van der Waals surface area contributed by atoms with Crippen molar-refractivity contribution >= 4 is 22.5 Å². The Labute approximate surface area is 87.7 Å². The molecule has 0 aliphatic heterocycles. The Bertz CT molecular complexity index is 480. The molecule has 0 bridgehead atoms. The van der Waals surface area contributed by atoms with Gasteiger partial charge >= 0.3 is 0 Å². The summed E-state index contributed by atoms with van der Waals surface area (Å²) in [5.74, 6) is 0. The first-order valence-corrected chi connectivity index (χ1v) is 4.84. The monoisotopic (exact) mass is 206 g/mol. The molecular formula is C11H11ClN2. The third-order valence-corrected chi connectivity index (χ3v) is 2.54. The van der Waals surface area contributed by atoms with Crippen LogP contribution < -0.4 is 5.73 Å². The minimum absolute atomic E-state index is 0.466. The van der Waals surface area contributed by atoms with Crippen molar-refractivity contribution in [3.05, 3.63) is 40.5 Å². The van der Waals surface area contributed by atoms with E-state index in [0.29, 0.717) is 11.6 Å². The lowest BCUT2D eigenvalue weighted by molar-refractivity contribution is 1.08. The van der Waals surface area contributed by atoms with Gasteiger partial charge in [0, 0.05) is 23.2 Å². The van der Waals surface area contributed by atoms with Crippen LogP contribution in [0, 0.1) is 6.92 Å². The summed E-state index contributed by atoms with van der Waals surface area (Å²) in [4.78, 5) is 4.32. The second kappa shape index (κ2) is 3.56. The standard InChI is InChI=1S/C11H11ClN2/c1-7-2-3-14-11-8(6-13)4-9(12)5-10(7)11/h2-5H,6,13H2,1H3. The van der Waals surface area contributed by atoms with Gasteiger partial charge in [-0.2, -0.15) is 0 Å². The number of aromatic nitrogens is 1. The molecule has 2 aromatic rings. The minimum Gasteiger partial charge on any atom is -0.326 e. The van der Waals surface area contributed by atoms with Crippen LogP contribution in [0.5, 0.6) is 0 Å². The molecule has 3 heteroatoms. The number of fused-ring (bicyclic) bond motifs is 1. The van der Waals surface area contributed by atoms with Gasteiger partial charge < -0.3 is 5.73 Å². The largest absolute Gasteiger partial charge is 0.326 e. The van der Waals surface area contributed by atoms with Crippen LogP contribution in [-0.4, -0.2) is 4.98 Å². The van der Waals surface area contributed by atoms with E-state index in [1.165, 1.54) is 5.56 Å². The average molecular weight is 207 g/mol. The van der Waals surface area contributed by atoms with Gasteiger partial charge in [0.05, 0.1) is 5.52 Å². The highest BCUT2D eigenvalue weighted by molar-refractivity contribution is 6.31. The fourth-order valence-electron chi connectivity index (χ4n) is 1.58. The Morgan fingerprint density at radius 2 is 2.21 bits per heavy atom. The van der Waals surface area contributed by atoms with Gasteiger partial charge in [-0.15, -0.1) is 0 Å². The quantitative estimate of drug-likeness (QED) is 0.779. The number of nitrogens with zero attached hydrogens (tertiary/aromatic N) is 1. The molecule has 0 amide bonds. The van der Waals surface area contributed by atoms with Gasteiger partial charge in [-0.05, 0) is 36.2 Å². The molecule has 0 aliphatic rings. The summed E-state index contributed by atoms with van der Waals surface area (Å²) >= 11 is 5.99. The first-order chi connectivity index (χ1) is 6.72. The molecule has 0 fully saturated rings. The minimum atomic E-state index is 0.466. The van der Waals surface area contributed by atoms with E-state index >= 15 is 0 Å². The molecule has 0 atom stereocenters. The highest BCUT2D eigenvalue weighted by Crippen LogP contribution is 2.24. The lowest BCUT2D eigenvalue weighted by atomic mass is 10.1. The van der Waals surface area contributed by atoms with Gasteiger partial charge in [0.2, 0.25) is 0 Å². The molecule has 1 aromatic carbocycles. The molecule has 2 N–H and O–H groups in total. The molecule has 0 aliphatic carbocycles. The molecule has 1 heterocycles. The summed E-state index contributed by atoms with van der Waals surface area (Å²) in [5.41, 5.74) is 8.76. The fraction of sp³-hybridized carbons (Fsp3) is 0.182. The van der Waals surface area contributed by atoms with Gasteiger partial charge in [0.1, 0.15) is 0 Å². The zero-order valence-corrected chi connectivity index (χ0v) is 8.67. The number of halogens is 1. The molecule has 1 aromatic heterocycles. The first kappa shape index (κ1) is 9.44. The van der Waals surface area contributed by atoms with Gasteiger partial charge in [0.15, 0.2) is 0 Å². The van der Waals surface area contributed by atoms with E-state index in [0.717, 1.165) is 16.5 Å². The number of pyridine rings is 1. The summed E-state index contributed by atoms with van der Waals surface area (Å²) in [7, 11) is 0. The molecule has 14 heavy (non-hydrogen) atoms. The summed E-state index contributed by atoms with van der Waals surface area (Å²) < 4.78 is 0. The van der Waals surface area contributed by atoms with E-state index in [1.54, 1.807) is 6.20 Å². The van der Waals surface area contributed by atoms with Crippen LogP contribution >= 0.6 is 11.6 Å². The van der Waals surface area contributed by atoms with Crippen LogP contribution in [0.2, 0.25) is 5.02 Å². The van der Waals surface area contributed by atoms with Gasteiger partial charge in [-0.1, -0.05) is 11.6 Å². The second-order valence-electron chi connectivity index (χ2n) is 3.29. The fourth-order valence-corrected chi connectivity index (χ4v) is 1.82. The highest BCUT2D eigenvalue weighted by atomic mass is 35.5. The Hall–Kier alpha value is -1.12. The van der Waals surface area contributed by atoms with Crippen molar-refractivity contribution < 1.29 is 0 Å². The maximum Gasteiger partial charge on any atom is 0.0750 e. The molecular weight excluding hydrogens is 196 g/mol. The Balaban J connectivity index is 2.87. The Morgan fingerprint density at radius 3 is 2.93 bits per heavy atom. The summed E-state index contributed by atoms with van der Waals surface area (Å²) in [5, 5.41) is 1.80. The third-order valence-electron chi connectivity index (χ3n) is 2.33. The topological polar surface area (TPSA) is 38.9 Å². The normalized spacial score (nSPS) is 10.8. The smallest absolute Gasteiger partial charge is 0.0750 e. The summed E-state index contributed by atoms with van der Waals surface area (Å²) in [6.07, 6.45) is 1.80.